The Morgan fingerprint density at radius 2 is 1.67 bits per heavy atom. The van der Waals surface area contributed by atoms with Crippen molar-refractivity contribution in [3.05, 3.63) is 65.8 Å². The zero-order valence-corrected chi connectivity index (χ0v) is 36.7. The summed E-state index contributed by atoms with van der Waals surface area (Å²) in [4.78, 5) is 67.6. The Hall–Kier alpha value is -6.23. The standard InChI is InChI=1S/C47H58N12O5/c1-28(2)59-46-41(45(48)51-27-52-46)42(55-59)43-40(44(64-56-43)33-7-8-33)35-13-6-30(24-49-35)25-50-37(60)4-3-5-39(62)58-22-16-29(17-23-58)26-57-20-18-32(19-21-57)31-9-11-34(12-10-31)53-36-14-15-38(61)54-47(36)63/h6,9-13,24,27-29,32-33,36,53H,3-5,7-8,14-23,25-26H2,1-2H3,(H,50,60)(H2,48,51,52)(H,54,61,63)/t36-/m1/s1. The summed E-state index contributed by atoms with van der Waals surface area (Å²) in [7, 11) is 0. The molecule has 336 valence electrons. The first-order chi connectivity index (χ1) is 31.1. The van der Waals surface area contributed by atoms with Crippen molar-refractivity contribution in [1.82, 2.24) is 50.3 Å². The van der Waals surface area contributed by atoms with E-state index < -0.39 is 0 Å². The summed E-state index contributed by atoms with van der Waals surface area (Å²) in [5.74, 6) is 2.02. The molecular formula is C47H58N12O5. The number of rotatable bonds is 15. The number of carbonyl (C=O) groups is 4. The van der Waals surface area contributed by atoms with Gasteiger partial charge in [-0.3, -0.25) is 29.5 Å². The van der Waals surface area contributed by atoms with Crippen LogP contribution in [0.3, 0.4) is 0 Å². The number of nitrogens with two attached hydrogens (primary N) is 1. The summed E-state index contributed by atoms with van der Waals surface area (Å²) in [6.07, 6.45) is 11.5. The lowest BCUT2D eigenvalue weighted by Crippen LogP contribution is -2.47. The average molecular weight is 871 g/mol. The number of nitrogen functional groups attached to an aromatic ring is 1. The number of anilines is 2. The van der Waals surface area contributed by atoms with E-state index in [1.165, 1.54) is 11.9 Å². The number of likely N-dealkylation sites (tertiary alicyclic amines) is 2. The zero-order valence-electron chi connectivity index (χ0n) is 36.7. The number of benzene rings is 1. The summed E-state index contributed by atoms with van der Waals surface area (Å²) >= 11 is 0. The number of nitrogens with one attached hydrogen (secondary N) is 3. The highest BCUT2D eigenvalue weighted by Crippen LogP contribution is 2.48. The van der Waals surface area contributed by atoms with E-state index in [4.69, 9.17) is 20.3 Å². The van der Waals surface area contributed by atoms with Gasteiger partial charge < -0.3 is 30.7 Å². The molecule has 3 aliphatic heterocycles. The fourth-order valence-corrected chi connectivity index (χ4v) is 9.44. The third-order valence-corrected chi connectivity index (χ3v) is 13.3. The van der Waals surface area contributed by atoms with Gasteiger partial charge >= 0.3 is 0 Å². The topological polar surface area (TPSA) is 219 Å². The minimum absolute atomic E-state index is 0.0336. The Morgan fingerprint density at radius 3 is 2.38 bits per heavy atom. The van der Waals surface area contributed by atoms with Crippen LogP contribution in [0.2, 0.25) is 0 Å². The third-order valence-electron chi connectivity index (χ3n) is 13.3. The van der Waals surface area contributed by atoms with E-state index in [2.05, 4.69) is 48.1 Å². The minimum Gasteiger partial charge on any atom is -0.383 e. The summed E-state index contributed by atoms with van der Waals surface area (Å²) in [6.45, 7) is 9.12. The molecule has 17 nitrogen and oxygen atoms in total. The largest absolute Gasteiger partial charge is 0.383 e. The van der Waals surface area contributed by atoms with Crippen LogP contribution in [-0.2, 0) is 25.7 Å². The quantitative estimate of drug-likeness (QED) is 0.0929. The molecule has 1 aromatic carbocycles. The number of aromatic nitrogens is 6. The SMILES string of the molecule is CC(C)n1nc(-c2noc(C3CC3)c2-c2ccc(CNC(=O)CCCC(=O)N3CCC(CN4CCC(c5ccc(N[C@@H]6CCC(=O)NC6=O)cc5)CC4)CC3)cn2)c2c(N)ncnc21. The van der Waals surface area contributed by atoms with Gasteiger partial charge in [0.1, 0.15) is 35.3 Å². The predicted octanol–water partition coefficient (Wildman–Crippen LogP) is 5.71. The first-order valence-corrected chi connectivity index (χ1v) is 23.0. The molecule has 4 amide bonds. The molecule has 4 aliphatic rings. The van der Waals surface area contributed by atoms with E-state index in [1.807, 2.05) is 47.7 Å². The van der Waals surface area contributed by atoms with Crippen LogP contribution in [0.15, 0.2) is 53.4 Å². The summed E-state index contributed by atoms with van der Waals surface area (Å²) in [5, 5.41) is 18.7. The molecule has 4 aromatic heterocycles. The molecular weight excluding hydrogens is 813 g/mol. The Bertz CT molecular complexity index is 2480. The van der Waals surface area contributed by atoms with Crippen molar-refractivity contribution in [3.8, 4) is 22.6 Å². The van der Waals surface area contributed by atoms with E-state index >= 15 is 0 Å². The van der Waals surface area contributed by atoms with E-state index in [9.17, 15) is 19.2 Å². The highest BCUT2D eigenvalue weighted by molar-refractivity contribution is 6.02. The van der Waals surface area contributed by atoms with Crippen LogP contribution in [0.25, 0.3) is 33.7 Å². The molecule has 5 N–H and O–H groups in total. The lowest BCUT2D eigenvalue weighted by atomic mass is 9.88. The number of hydrogen-bond donors (Lipinski definition) is 4. The predicted molar refractivity (Wildman–Crippen MR) is 240 cm³/mol. The first kappa shape index (κ1) is 43.0. The number of hydrogen-bond acceptors (Lipinski definition) is 13. The van der Waals surface area contributed by atoms with Gasteiger partial charge in [-0.2, -0.15) is 5.10 Å². The van der Waals surface area contributed by atoms with Crippen LogP contribution in [0.4, 0.5) is 11.5 Å². The fourth-order valence-electron chi connectivity index (χ4n) is 9.44. The number of pyridine rings is 1. The van der Waals surface area contributed by atoms with E-state index in [1.54, 1.807) is 6.20 Å². The molecule has 1 saturated carbocycles. The molecule has 9 rings (SSSR count). The molecule has 7 heterocycles. The number of piperidine rings is 3. The van der Waals surface area contributed by atoms with Crippen LogP contribution in [0.1, 0.15) is 119 Å². The van der Waals surface area contributed by atoms with Gasteiger partial charge in [0.2, 0.25) is 23.6 Å². The Kier molecular flexibility index (Phi) is 12.7. The molecule has 0 radical (unpaired) electrons. The second-order valence-corrected chi connectivity index (χ2v) is 18.2. The maximum atomic E-state index is 13.1. The van der Waals surface area contributed by atoms with Crippen molar-refractivity contribution in [2.24, 2.45) is 5.92 Å². The molecule has 4 fully saturated rings. The minimum atomic E-state index is -0.380. The van der Waals surface area contributed by atoms with E-state index in [-0.39, 0.29) is 48.1 Å². The molecule has 5 aromatic rings. The van der Waals surface area contributed by atoms with Crippen molar-refractivity contribution < 1.29 is 23.7 Å². The molecule has 0 spiro atoms. The smallest absolute Gasteiger partial charge is 0.249 e. The summed E-state index contributed by atoms with van der Waals surface area (Å²) in [6, 6.07) is 11.9. The Morgan fingerprint density at radius 1 is 0.891 bits per heavy atom. The third kappa shape index (κ3) is 9.64. The van der Waals surface area contributed by atoms with E-state index in [0.717, 1.165) is 93.8 Å². The Balaban J connectivity index is 0.688. The van der Waals surface area contributed by atoms with Crippen LogP contribution in [0, 0.1) is 5.92 Å². The molecule has 1 atom stereocenters. The van der Waals surface area contributed by atoms with Gasteiger partial charge in [-0.1, -0.05) is 23.4 Å². The van der Waals surface area contributed by atoms with Gasteiger partial charge in [-0.15, -0.1) is 0 Å². The fraction of sp³-hybridized carbons (Fsp3) is 0.511. The molecule has 3 saturated heterocycles. The average Bonchev–Trinajstić information content (AvgIpc) is 3.93. The van der Waals surface area contributed by atoms with Gasteiger partial charge in [0, 0.05) is 69.3 Å². The van der Waals surface area contributed by atoms with Crippen LogP contribution < -0.4 is 21.7 Å². The van der Waals surface area contributed by atoms with Crippen LogP contribution in [0.5, 0.6) is 0 Å². The highest BCUT2D eigenvalue weighted by Gasteiger charge is 2.36. The van der Waals surface area contributed by atoms with Gasteiger partial charge in [0.25, 0.3) is 0 Å². The molecule has 0 bridgehead atoms. The first-order valence-electron chi connectivity index (χ1n) is 23.0. The van der Waals surface area contributed by atoms with Crippen LogP contribution in [-0.4, -0.2) is 102 Å². The monoisotopic (exact) mass is 870 g/mol. The maximum absolute atomic E-state index is 13.1. The number of fused-ring (bicyclic) bond motifs is 1. The maximum Gasteiger partial charge on any atom is 0.249 e. The molecule has 17 heteroatoms. The zero-order chi connectivity index (χ0) is 44.3. The van der Waals surface area contributed by atoms with Crippen molar-refractivity contribution >= 4 is 46.2 Å². The number of carbonyl (C=O) groups excluding carboxylic acids is 4. The van der Waals surface area contributed by atoms with Crippen molar-refractivity contribution in [3.63, 3.8) is 0 Å². The van der Waals surface area contributed by atoms with Crippen molar-refractivity contribution in [1.29, 1.82) is 0 Å². The van der Waals surface area contributed by atoms with E-state index in [0.29, 0.717) is 78.0 Å². The lowest BCUT2D eigenvalue weighted by molar-refractivity contribution is -0.134. The Labute approximate surface area is 372 Å². The molecule has 1 aliphatic carbocycles. The van der Waals surface area contributed by atoms with Gasteiger partial charge in [-0.25, -0.2) is 14.6 Å². The second kappa shape index (κ2) is 18.9. The number of imide groups is 1. The van der Waals surface area contributed by atoms with Crippen molar-refractivity contribution in [2.75, 3.05) is 43.8 Å². The van der Waals surface area contributed by atoms with Gasteiger partial charge in [0.15, 0.2) is 5.65 Å². The molecule has 0 unspecified atom stereocenters. The van der Waals surface area contributed by atoms with Crippen LogP contribution >= 0.6 is 0 Å². The summed E-state index contributed by atoms with van der Waals surface area (Å²) in [5.41, 5.74) is 12.7. The summed E-state index contributed by atoms with van der Waals surface area (Å²) < 4.78 is 7.76. The highest BCUT2D eigenvalue weighted by atomic mass is 16.5. The van der Waals surface area contributed by atoms with Gasteiger partial charge in [-0.05, 0) is 119 Å². The lowest BCUT2D eigenvalue weighted by Gasteiger charge is -2.38. The second-order valence-electron chi connectivity index (χ2n) is 18.2. The number of nitrogens with zero attached hydrogens (tertiary/aromatic N) is 8. The number of amides is 4. The molecule has 64 heavy (non-hydrogen) atoms. The van der Waals surface area contributed by atoms with Crippen molar-refractivity contribution in [2.45, 2.75) is 115 Å². The normalized spacial score (nSPS) is 19.0. The van der Waals surface area contributed by atoms with Gasteiger partial charge in [0.05, 0.1) is 16.6 Å².